The van der Waals surface area contributed by atoms with E-state index in [2.05, 4.69) is 47.6 Å². The van der Waals surface area contributed by atoms with E-state index in [-0.39, 0.29) is 153 Å². The molecule has 504 valence electrons. The summed E-state index contributed by atoms with van der Waals surface area (Å²) in [5.41, 5.74) is -0.875. The topological polar surface area (TPSA) is 364 Å². The minimum Gasteiger partial charge on any atom is -0.465 e. The van der Waals surface area contributed by atoms with Gasteiger partial charge in [-0.1, -0.05) is 101 Å². The Morgan fingerprint density at radius 1 is 0.315 bits per heavy atom. The Bertz CT molecular complexity index is 2040. The smallest absolute Gasteiger partial charge is 0.333 e. The first-order valence-electron chi connectivity index (χ1n) is 28.1. The van der Waals surface area contributed by atoms with Gasteiger partial charge in [-0.05, 0) is 27.7 Å². The molecule has 0 spiro atoms. The number of nitrogens with one attached hydrogen (secondary N) is 4. The van der Waals surface area contributed by atoms with Crippen molar-refractivity contribution in [3.63, 3.8) is 0 Å². The molecule has 32 heteroatoms. The number of hydrogen-bond donors (Lipinski definition) is 4. The highest BCUT2D eigenvalue weighted by molar-refractivity contribution is 8.14. The molecule has 0 aromatic rings. The van der Waals surface area contributed by atoms with Gasteiger partial charge >= 0.3 is 47.8 Å². The molecular formula is C57H88N4O24S4. The summed E-state index contributed by atoms with van der Waals surface area (Å²) < 4.78 is 64.0. The van der Waals surface area contributed by atoms with Crippen molar-refractivity contribution in [3.05, 3.63) is 48.6 Å². The van der Waals surface area contributed by atoms with Crippen molar-refractivity contribution >= 4 is 116 Å². The molecule has 89 heavy (non-hydrogen) atoms. The SMILES string of the molecule is C=C(C)C(=O)OCCOCCNC(=O)SC(C)CC(=O)OCC(COC(=O)CC(C)SC(=O)NCCOCCOC(=O)C(=C)C)(COC(=O)CC(C)SC(=O)NCCOCCOC(=O)C(=C)C)COC(=O)CC(C)SC(=O)NCCOCCOC(=O)C(=C)C. The summed E-state index contributed by atoms with van der Waals surface area (Å²) in [7, 11) is 0. The van der Waals surface area contributed by atoms with Gasteiger partial charge in [0.15, 0.2) is 0 Å². The first-order valence-corrected chi connectivity index (χ1v) is 31.6. The lowest BCUT2D eigenvalue weighted by molar-refractivity contribution is -0.170. The van der Waals surface area contributed by atoms with Gasteiger partial charge in [-0.2, -0.15) is 0 Å². The Hall–Kier alpha value is -6.16. The van der Waals surface area contributed by atoms with E-state index < -0.39 is 122 Å². The number of hydrogen-bond acceptors (Lipinski definition) is 28. The van der Waals surface area contributed by atoms with Crippen LogP contribution in [0.25, 0.3) is 0 Å². The lowest BCUT2D eigenvalue weighted by Crippen LogP contribution is -2.44. The minimum atomic E-state index is -1.81. The zero-order valence-electron chi connectivity index (χ0n) is 52.0. The minimum absolute atomic E-state index is 0.0177. The van der Waals surface area contributed by atoms with Crippen LogP contribution in [-0.4, -0.2) is 222 Å². The van der Waals surface area contributed by atoms with Crippen molar-refractivity contribution in [1.29, 1.82) is 0 Å². The molecule has 0 fully saturated rings. The summed E-state index contributed by atoms with van der Waals surface area (Å²) in [6.45, 7) is 24.5. The van der Waals surface area contributed by atoms with E-state index in [0.29, 0.717) is 0 Å². The van der Waals surface area contributed by atoms with Crippen LogP contribution in [0.5, 0.6) is 0 Å². The molecule has 0 aliphatic rings. The molecule has 0 saturated heterocycles. The fourth-order valence-corrected chi connectivity index (χ4v) is 9.08. The predicted octanol–water partition coefficient (Wildman–Crippen LogP) is 5.57. The second-order valence-electron chi connectivity index (χ2n) is 19.6. The standard InChI is InChI=1S/C57H88N4O24S4/c1-37(2)49(66)78-25-21-74-17-13-58-53(70)86-41(9)29-45(62)82-33-57(34-83-46(63)30-42(10)87-54(71)59-14-18-75-22-26-79-50(67)38(3)4,35-84-47(64)31-43(11)88-55(72)60-15-19-76-23-27-80-51(68)39(5)6)36-85-48(65)32-44(12)89-56(73)61-16-20-77-24-28-81-52(69)40(7)8/h41-44H,1,3,5,7,13-36H2,2,4,6,8-12H3,(H,58,70)(H,59,71)(H,60,72)(H,61,73). The number of carbonyl (C=O) groups is 12. The predicted molar refractivity (Wildman–Crippen MR) is 333 cm³/mol. The first kappa shape index (κ1) is 82.8. The Balaban J connectivity index is 6.25. The normalized spacial score (nSPS) is 12.8. The van der Waals surface area contributed by atoms with Crippen LogP contribution in [0.2, 0.25) is 0 Å². The van der Waals surface area contributed by atoms with E-state index >= 15 is 0 Å². The Labute approximate surface area is 536 Å². The number of rotatable bonds is 48. The van der Waals surface area contributed by atoms with Gasteiger partial charge in [0, 0.05) is 69.5 Å². The largest absolute Gasteiger partial charge is 0.465 e. The van der Waals surface area contributed by atoms with Gasteiger partial charge in [0.25, 0.3) is 21.0 Å². The van der Waals surface area contributed by atoms with E-state index in [1.165, 1.54) is 27.7 Å². The molecule has 0 rings (SSSR count). The lowest BCUT2D eigenvalue weighted by atomic mass is 9.92. The second kappa shape index (κ2) is 49.6. The molecule has 0 radical (unpaired) electrons. The molecule has 4 N–H and O–H groups in total. The lowest BCUT2D eigenvalue weighted by Gasteiger charge is -2.32. The maximum Gasteiger partial charge on any atom is 0.333 e. The van der Waals surface area contributed by atoms with Gasteiger partial charge in [0.1, 0.15) is 58.3 Å². The van der Waals surface area contributed by atoms with Crippen molar-refractivity contribution in [3.8, 4) is 0 Å². The quantitative estimate of drug-likeness (QED) is 0.0250. The highest BCUT2D eigenvalue weighted by atomic mass is 32.2. The maximum atomic E-state index is 13.5. The molecule has 0 heterocycles. The molecule has 4 unspecified atom stereocenters. The number of ether oxygens (including phenoxy) is 12. The molecule has 4 amide bonds. The molecule has 0 bridgehead atoms. The van der Waals surface area contributed by atoms with Crippen molar-refractivity contribution in [1.82, 2.24) is 21.3 Å². The second-order valence-corrected chi connectivity index (χ2v) is 25.3. The van der Waals surface area contributed by atoms with Gasteiger partial charge in [0.2, 0.25) is 0 Å². The van der Waals surface area contributed by atoms with E-state index in [1.807, 2.05) is 0 Å². The summed E-state index contributed by atoms with van der Waals surface area (Å²) in [5.74, 6) is -5.68. The van der Waals surface area contributed by atoms with Crippen LogP contribution < -0.4 is 21.3 Å². The average molecular weight is 1340 g/mol. The Kier molecular flexibility index (Phi) is 46.2. The van der Waals surface area contributed by atoms with Gasteiger partial charge in [0.05, 0.1) is 78.5 Å². The van der Waals surface area contributed by atoms with Gasteiger partial charge in [-0.25, -0.2) is 19.2 Å². The van der Waals surface area contributed by atoms with Crippen molar-refractivity contribution in [2.75, 3.05) is 132 Å². The third-order valence-electron chi connectivity index (χ3n) is 10.5. The zero-order valence-corrected chi connectivity index (χ0v) is 55.3. The summed E-state index contributed by atoms with van der Waals surface area (Å²) >= 11 is 3.13. The number of esters is 8. The van der Waals surface area contributed by atoms with E-state index in [1.54, 1.807) is 27.7 Å². The van der Waals surface area contributed by atoms with Crippen molar-refractivity contribution in [2.45, 2.75) is 102 Å². The number of carbonyl (C=O) groups excluding carboxylic acids is 12. The summed E-state index contributed by atoms with van der Waals surface area (Å²) in [6, 6.07) is 0. The van der Waals surface area contributed by atoms with Crippen LogP contribution >= 0.6 is 47.0 Å². The highest BCUT2D eigenvalue weighted by Gasteiger charge is 2.39. The fraction of sp³-hybridized carbons (Fsp3) is 0.649. The van der Waals surface area contributed by atoms with Gasteiger partial charge in [-0.3, -0.25) is 38.4 Å². The molecule has 4 atom stereocenters. The highest BCUT2D eigenvalue weighted by Crippen LogP contribution is 2.26. The fourth-order valence-electron chi connectivity index (χ4n) is 6.00. The zero-order chi connectivity index (χ0) is 67.2. The third kappa shape index (κ3) is 46.6. The monoisotopic (exact) mass is 1340 g/mol. The van der Waals surface area contributed by atoms with Crippen molar-refractivity contribution in [2.24, 2.45) is 5.41 Å². The first-order chi connectivity index (χ1) is 42.0. The molecule has 0 aromatic heterocycles. The van der Waals surface area contributed by atoms with Crippen LogP contribution in [0.15, 0.2) is 48.6 Å². The van der Waals surface area contributed by atoms with E-state index in [4.69, 9.17) is 56.8 Å². The molecule has 0 aliphatic carbocycles. The summed E-state index contributed by atoms with van der Waals surface area (Å²) in [4.78, 5) is 151. The van der Waals surface area contributed by atoms with Gasteiger partial charge < -0.3 is 78.1 Å². The Morgan fingerprint density at radius 2 is 0.506 bits per heavy atom. The molecule has 0 aromatic carbocycles. The molecular weight excluding hydrogens is 1250 g/mol. The van der Waals surface area contributed by atoms with Crippen LogP contribution in [0, 0.1) is 5.41 Å². The molecule has 0 saturated carbocycles. The number of amides is 4. The average Bonchev–Trinajstić information content (AvgIpc) is 3.52. The van der Waals surface area contributed by atoms with Crippen LogP contribution in [-0.2, 0) is 95.2 Å². The maximum absolute atomic E-state index is 13.5. The van der Waals surface area contributed by atoms with E-state index in [9.17, 15) is 57.5 Å². The summed E-state index contributed by atoms with van der Waals surface area (Å²) in [5, 5.41) is 5.86. The Morgan fingerprint density at radius 3 is 0.685 bits per heavy atom. The van der Waals surface area contributed by atoms with Crippen LogP contribution in [0.3, 0.4) is 0 Å². The molecule has 28 nitrogen and oxygen atoms in total. The number of thioether (sulfide) groups is 4. The van der Waals surface area contributed by atoms with Crippen LogP contribution in [0.4, 0.5) is 19.2 Å². The summed E-state index contributed by atoms with van der Waals surface area (Å²) in [6.07, 6.45) is -1.36. The van der Waals surface area contributed by atoms with Gasteiger partial charge in [-0.15, -0.1) is 0 Å². The third-order valence-corrected chi connectivity index (χ3v) is 14.2. The molecule has 0 aliphatic heterocycles. The van der Waals surface area contributed by atoms with E-state index in [0.717, 1.165) is 47.0 Å². The van der Waals surface area contributed by atoms with Crippen LogP contribution in [0.1, 0.15) is 81.1 Å². The van der Waals surface area contributed by atoms with Crippen molar-refractivity contribution < 1.29 is 114 Å².